The molecular weight excluding hydrogens is 170 g/mol. The minimum Gasteiger partial charge on any atom is -0.372 e. The van der Waals surface area contributed by atoms with Crippen molar-refractivity contribution < 1.29 is 14.2 Å². The number of hydrogen-bond donors (Lipinski definition) is 0. The van der Waals surface area contributed by atoms with Crippen LogP contribution in [0.5, 0.6) is 0 Å². The van der Waals surface area contributed by atoms with Gasteiger partial charge in [-0.05, 0) is 0 Å². The first-order valence-electron chi connectivity index (χ1n) is 4.97. The molecule has 0 N–H and O–H groups in total. The molecule has 3 heterocycles. The summed E-state index contributed by atoms with van der Waals surface area (Å²) in [5, 5.41) is 0. The summed E-state index contributed by atoms with van der Waals surface area (Å²) in [6, 6.07) is 0. The fourth-order valence-corrected chi connectivity index (χ4v) is 1.61. The molecule has 3 rings (SSSR count). The first kappa shape index (κ1) is 8.17. The molecule has 3 aliphatic rings. The number of rotatable bonds is 6. The second-order valence-electron chi connectivity index (χ2n) is 4.08. The lowest BCUT2D eigenvalue weighted by molar-refractivity contribution is 0.202. The molecule has 3 aliphatic heterocycles. The fraction of sp³-hybridized carbons (Fsp3) is 1.00. The summed E-state index contributed by atoms with van der Waals surface area (Å²) in [6.07, 6.45) is 1.45. The van der Waals surface area contributed by atoms with Crippen molar-refractivity contribution in [3.05, 3.63) is 0 Å². The minimum atomic E-state index is 0.484. The first-order chi connectivity index (χ1) is 6.40. The predicted molar refractivity (Wildman–Crippen MR) is 45.7 cm³/mol. The van der Waals surface area contributed by atoms with Crippen LogP contribution in [0.2, 0.25) is 0 Å². The van der Waals surface area contributed by atoms with Gasteiger partial charge in [-0.3, -0.25) is 4.90 Å². The second-order valence-corrected chi connectivity index (χ2v) is 4.08. The molecule has 0 aromatic heterocycles. The van der Waals surface area contributed by atoms with Gasteiger partial charge in [0.05, 0.1) is 38.1 Å². The Balaban J connectivity index is 1.45. The third kappa shape index (κ3) is 2.64. The summed E-state index contributed by atoms with van der Waals surface area (Å²) in [7, 11) is 0. The Hall–Kier alpha value is -0.160. The van der Waals surface area contributed by atoms with Crippen LogP contribution in [0.4, 0.5) is 0 Å². The average Bonchev–Trinajstić information content (AvgIpc) is 2.94. The lowest BCUT2D eigenvalue weighted by Gasteiger charge is -2.18. The Morgan fingerprint density at radius 1 is 0.769 bits per heavy atom. The quantitative estimate of drug-likeness (QED) is 0.522. The van der Waals surface area contributed by atoms with Crippen LogP contribution in [0.25, 0.3) is 0 Å². The Morgan fingerprint density at radius 2 is 1.08 bits per heavy atom. The molecule has 0 aliphatic carbocycles. The van der Waals surface area contributed by atoms with Crippen molar-refractivity contribution in [1.29, 1.82) is 0 Å². The molecule has 0 aromatic rings. The maximum absolute atomic E-state index is 5.22. The zero-order chi connectivity index (χ0) is 8.67. The maximum atomic E-state index is 5.22. The molecular formula is C9H15NO3. The van der Waals surface area contributed by atoms with Gasteiger partial charge in [0.25, 0.3) is 0 Å². The minimum absolute atomic E-state index is 0.484. The van der Waals surface area contributed by atoms with Crippen molar-refractivity contribution in [2.45, 2.75) is 18.3 Å². The Morgan fingerprint density at radius 3 is 1.31 bits per heavy atom. The van der Waals surface area contributed by atoms with Gasteiger partial charge in [0.1, 0.15) is 0 Å². The van der Waals surface area contributed by atoms with Crippen LogP contribution in [-0.4, -0.2) is 62.7 Å². The van der Waals surface area contributed by atoms with Crippen LogP contribution in [0.3, 0.4) is 0 Å². The zero-order valence-corrected chi connectivity index (χ0v) is 7.65. The van der Waals surface area contributed by atoms with Crippen LogP contribution in [0.1, 0.15) is 0 Å². The van der Waals surface area contributed by atoms with Gasteiger partial charge in [0.2, 0.25) is 0 Å². The van der Waals surface area contributed by atoms with Gasteiger partial charge in [-0.2, -0.15) is 0 Å². The van der Waals surface area contributed by atoms with E-state index in [1.165, 1.54) is 0 Å². The lowest BCUT2D eigenvalue weighted by atomic mass is 10.3. The van der Waals surface area contributed by atoms with Crippen molar-refractivity contribution in [3.8, 4) is 0 Å². The van der Waals surface area contributed by atoms with E-state index in [0.29, 0.717) is 18.3 Å². The number of ether oxygens (including phenoxy) is 3. The molecule has 3 saturated heterocycles. The first-order valence-corrected chi connectivity index (χ1v) is 4.97. The molecule has 0 saturated carbocycles. The van der Waals surface area contributed by atoms with E-state index in [4.69, 9.17) is 14.2 Å². The lowest BCUT2D eigenvalue weighted by Crippen LogP contribution is -2.34. The molecule has 4 heteroatoms. The van der Waals surface area contributed by atoms with E-state index >= 15 is 0 Å². The summed E-state index contributed by atoms with van der Waals surface area (Å²) < 4.78 is 15.7. The molecule has 3 fully saturated rings. The summed E-state index contributed by atoms with van der Waals surface area (Å²) in [6.45, 7) is 5.98. The van der Waals surface area contributed by atoms with E-state index in [-0.39, 0.29) is 0 Å². The van der Waals surface area contributed by atoms with Gasteiger partial charge >= 0.3 is 0 Å². The van der Waals surface area contributed by atoms with Crippen LogP contribution in [0, 0.1) is 0 Å². The van der Waals surface area contributed by atoms with Crippen LogP contribution < -0.4 is 0 Å². The number of epoxide rings is 3. The number of nitrogens with zero attached hydrogens (tertiary/aromatic N) is 1. The zero-order valence-electron chi connectivity index (χ0n) is 7.65. The molecule has 13 heavy (non-hydrogen) atoms. The van der Waals surface area contributed by atoms with Gasteiger partial charge in [0, 0.05) is 19.6 Å². The van der Waals surface area contributed by atoms with Gasteiger partial charge in [0.15, 0.2) is 0 Å². The van der Waals surface area contributed by atoms with E-state index in [1.807, 2.05) is 0 Å². The molecule has 2 unspecified atom stereocenters. The Kier molecular flexibility index (Phi) is 2.01. The van der Waals surface area contributed by atoms with Crippen molar-refractivity contribution in [2.24, 2.45) is 0 Å². The van der Waals surface area contributed by atoms with E-state index in [9.17, 15) is 0 Å². The monoisotopic (exact) mass is 185 g/mol. The maximum Gasteiger partial charge on any atom is 0.0936 e. The van der Waals surface area contributed by atoms with E-state index in [0.717, 1.165) is 39.5 Å². The summed E-state index contributed by atoms with van der Waals surface area (Å²) in [5.74, 6) is 0. The number of hydrogen-bond acceptors (Lipinski definition) is 4. The molecule has 74 valence electrons. The van der Waals surface area contributed by atoms with Gasteiger partial charge in [-0.25, -0.2) is 0 Å². The summed E-state index contributed by atoms with van der Waals surface area (Å²) >= 11 is 0. The van der Waals surface area contributed by atoms with Crippen molar-refractivity contribution in [3.63, 3.8) is 0 Å². The molecule has 0 radical (unpaired) electrons. The third-order valence-corrected chi connectivity index (χ3v) is 2.59. The highest BCUT2D eigenvalue weighted by molar-refractivity contribution is 4.83. The SMILES string of the molecule is C1OC1CN(CC1CO1)C[C@H]1CO1. The third-order valence-electron chi connectivity index (χ3n) is 2.59. The van der Waals surface area contributed by atoms with Gasteiger partial charge in [-0.1, -0.05) is 0 Å². The van der Waals surface area contributed by atoms with E-state index in [2.05, 4.69) is 4.90 Å². The van der Waals surface area contributed by atoms with Crippen molar-refractivity contribution in [1.82, 2.24) is 4.90 Å². The fourth-order valence-electron chi connectivity index (χ4n) is 1.61. The second kappa shape index (κ2) is 3.20. The summed E-state index contributed by atoms with van der Waals surface area (Å²) in [4.78, 5) is 2.41. The highest BCUT2D eigenvalue weighted by Crippen LogP contribution is 2.18. The van der Waals surface area contributed by atoms with E-state index in [1.54, 1.807) is 0 Å². The smallest absolute Gasteiger partial charge is 0.0936 e. The van der Waals surface area contributed by atoms with Gasteiger partial charge < -0.3 is 14.2 Å². The molecule has 0 amide bonds. The molecule has 0 spiro atoms. The van der Waals surface area contributed by atoms with Crippen LogP contribution in [0.15, 0.2) is 0 Å². The normalized spacial score (nSPS) is 40.8. The molecule has 3 atom stereocenters. The standard InChI is InChI=1S/C9H15NO3/c1(7-4-11-7)10(2-8-5-12-8)3-9-6-13-9/h7-9H,1-6H2/t7-,8?,9?/m0/s1. The average molecular weight is 185 g/mol. The van der Waals surface area contributed by atoms with Gasteiger partial charge in [-0.15, -0.1) is 0 Å². The summed E-state index contributed by atoms with van der Waals surface area (Å²) in [5.41, 5.74) is 0. The van der Waals surface area contributed by atoms with Crippen LogP contribution >= 0.6 is 0 Å². The molecule has 0 aromatic carbocycles. The van der Waals surface area contributed by atoms with Crippen molar-refractivity contribution >= 4 is 0 Å². The molecule has 0 bridgehead atoms. The largest absolute Gasteiger partial charge is 0.372 e. The topological polar surface area (TPSA) is 40.8 Å². The Bertz CT molecular complexity index is 154. The Labute approximate surface area is 77.7 Å². The molecule has 4 nitrogen and oxygen atoms in total. The highest BCUT2D eigenvalue weighted by Gasteiger charge is 2.34. The van der Waals surface area contributed by atoms with Crippen molar-refractivity contribution in [2.75, 3.05) is 39.5 Å². The van der Waals surface area contributed by atoms with E-state index < -0.39 is 0 Å². The highest BCUT2D eigenvalue weighted by atomic mass is 16.6. The van der Waals surface area contributed by atoms with Crippen LogP contribution in [-0.2, 0) is 14.2 Å². The predicted octanol–water partition coefficient (Wildman–Crippen LogP) is -0.515.